The van der Waals surface area contributed by atoms with E-state index in [2.05, 4.69) is 19.2 Å². The van der Waals surface area contributed by atoms with Gasteiger partial charge in [0.15, 0.2) is 0 Å². The molecule has 4 nitrogen and oxygen atoms in total. The van der Waals surface area contributed by atoms with Crippen LogP contribution < -0.4 is 11.1 Å². The van der Waals surface area contributed by atoms with E-state index < -0.39 is 0 Å². The number of para-hydroxylation sites is 1. The highest BCUT2D eigenvalue weighted by atomic mass is 16.5. The van der Waals surface area contributed by atoms with Crippen molar-refractivity contribution < 1.29 is 9.53 Å². The fourth-order valence-electron chi connectivity index (χ4n) is 2.86. The maximum Gasteiger partial charge on any atom is 0.253 e. The summed E-state index contributed by atoms with van der Waals surface area (Å²) in [5.41, 5.74) is 6.84. The van der Waals surface area contributed by atoms with Crippen molar-refractivity contribution in [1.29, 1.82) is 0 Å². The Balaban J connectivity index is 2.03. The molecule has 0 bridgehead atoms. The van der Waals surface area contributed by atoms with Gasteiger partial charge in [-0.05, 0) is 37.8 Å². The van der Waals surface area contributed by atoms with E-state index >= 15 is 0 Å². The van der Waals surface area contributed by atoms with Gasteiger partial charge in [-0.25, -0.2) is 0 Å². The van der Waals surface area contributed by atoms with Gasteiger partial charge in [0.2, 0.25) is 0 Å². The Morgan fingerprint density at radius 1 is 1.40 bits per heavy atom. The van der Waals surface area contributed by atoms with E-state index in [0.717, 1.165) is 25.7 Å². The average molecular weight is 276 g/mol. The van der Waals surface area contributed by atoms with Crippen molar-refractivity contribution in [3.05, 3.63) is 29.8 Å². The van der Waals surface area contributed by atoms with Crippen molar-refractivity contribution in [2.45, 2.75) is 51.2 Å². The Morgan fingerprint density at radius 2 is 2.10 bits per heavy atom. The molecule has 1 aliphatic rings. The first kappa shape index (κ1) is 14.9. The lowest BCUT2D eigenvalue weighted by Crippen LogP contribution is -2.48. The number of nitrogens with two attached hydrogens (primary N) is 1. The summed E-state index contributed by atoms with van der Waals surface area (Å²) < 4.78 is 5.93. The maximum absolute atomic E-state index is 12.3. The minimum Gasteiger partial charge on any atom is -0.398 e. The molecule has 0 radical (unpaired) electrons. The van der Waals surface area contributed by atoms with Gasteiger partial charge >= 0.3 is 0 Å². The lowest BCUT2D eigenvalue weighted by molar-refractivity contribution is -0.0917. The predicted octanol–water partition coefficient (Wildman–Crippen LogP) is 2.74. The molecule has 0 aliphatic carbocycles. The van der Waals surface area contributed by atoms with Crippen molar-refractivity contribution in [2.75, 3.05) is 12.3 Å². The molecule has 0 aromatic heterocycles. The molecule has 1 fully saturated rings. The molecule has 1 amide bonds. The minimum absolute atomic E-state index is 0.0849. The normalized spacial score (nSPS) is 21.4. The number of hydrogen-bond donors (Lipinski definition) is 2. The van der Waals surface area contributed by atoms with Crippen molar-refractivity contribution in [1.82, 2.24) is 5.32 Å². The Hall–Kier alpha value is -1.55. The number of ether oxygens (including phenoxy) is 1. The number of rotatable bonds is 4. The first-order valence-electron chi connectivity index (χ1n) is 7.39. The van der Waals surface area contributed by atoms with Gasteiger partial charge in [-0.15, -0.1) is 0 Å². The van der Waals surface area contributed by atoms with Gasteiger partial charge in [0.1, 0.15) is 0 Å². The third kappa shape index (κ3) is 3.12. The number of anilines is 1. The van der Waals surface area contributed by atoms with Crippen molar-refractivity contribution in [3.63, 3.8) is 0 Å². The van der Waals surface area contributed by atoms with Gasteiger partial charge in [0.05, 0.1) is 11.2 Å². The van der Waals surface area contributed by atoms with Gasteiger partial charge in [-0.3, -0.25) is 4.79 Å². The summed E-state index contributed by atoms with van der Waals surface area (Å²) in [6.45, 7) is 4.99. The molecule has 1 aromatic carbocycles. The van der Waals surface area contributed by atoms with E-state index in [1.165, 1.54) is 0 Å². The zero-order chi connectivity index (χ0) is 14.6. The summed E-state index contributed by atoms with van der Waals surface area (Å²) in [6, 6.07) is 7.34. The summed E-state index contributed by atoms with van der Waals surface area (Å²) in [6.07, 6.45) is 3.69. The third-order valence-electron chi connectivity index (χ3n) is 4.32. The quantitative estimate of drug-likeness (QED) is 0.831. The first-order chi connectivity index (χ1) is 9.60. The van der Waals surface area contributed by atoms with Crippen LogP contribution in [0.5, 0.6) is 0 Å². The monoisotopic (exact) mass is 276 g/mol. The highest BCUT2D eigenvalue weighted by molar-refractivity contribution is 5.99. The van der Waals surface area contributed by atoms with Crippen molar-refractivity contribution >= 4 is 11.6 Å². The van der Waals surface area contributed by atoms with Crippen molar-refractivity contribution in [2.24, 2.45) is 0 Å². The van der Waals surface area contributed by atoms with E-state index in [0.29, 0.717) is 17.9 Å². The molecular weight excluding hydrogens is 252 g/mol. The third-order valence-corrected chi connectivity index (χ3v) is 4.32. The number of nitrogen functional groups attached to an aromatic ring is 1. The lowest BCUT2D eigenvalue weighted by atomic mass is 9.86. The van der Waals surface area contributed by atoms with Crippen LogP contribution in [0, 0.1) is 0 Å². The number of hydrogen-bond acceptors (Lipinski definition) is 3. The zero-order valence-corrected chi connectivity index (χ0v) is 12.3. The number of carbonyl (C=O) groups is 1. The van der Waals surface area contributed by atoms with E-state index in [1.807, 2.05) is 12.1 Å². The summed E-state index contributed by atoms with van der Waals surface area (Å²) in [5.74, 6) is -0.0869. The molecule has 0 saturated carbocycles. The molecule has 1 atom stereocenters. The molecule has 110 valence electrons. The van der Waals surface area contributed by atoms with Gasteiger partial charge in [0, 0.05) is 18.3 Å². The number of carbonyl (C=O) groups excluding carboxylic acids is 1. The van der Waals surface area contributed by atoms with Crippen LogP contribution in [-0.2, 0) is 4.74 Å². The summed E-state index contributed by atoms with van der Waals surface area (Å²) in [4.78, 5) is 12.3. The van der Waals surface area contributed by atoms with E-state index in [9.17, 15) is 4.79 Å². The van der Waals surface area contributed by atoms with E-state index in [4.69, 9.17) is 10.5 Å². The molecule has 20 heavy (non-hydrogen) atoms. The molecule has 2 rings (SSSR count). The topological polar surface area (TPSA) is 64.4 Å². The van der Waals surface area contributed by atoms with Crippen LogP contribution in [0.25, 0.3) is 0 Å². The molecule has 1 heterocycles. The first-order valence-corrected chi connectivity index (χ1v) is 7.39. The van der Waals surface area contributed by atoms with Gasteiger partial charge in [-0.1, -0.05) is 26.0 Å². The van der Waals surface area contributed by atoms with Crippen LogP contribution >= 0.6 is 0 Å². The van der Waals surface area contributed by atoms with Gasteiger partial charge in [0.25, 0.3) is 5.91 Å². The second kappa shape index (κ2) is 6.27. The summed E-state index contributed by atoms with van der Waals surface area (Å²) in [5, 5.41) is 3.10. The standard InChI is InChI=1S/C16H24N2O2/c1-3-16(4-2)11-12(9-10-20-16)18-15(19)13-7-5-6-8-14(13)17/h5-8,12H,3-4,9-11,17H2,1-2H3,(H,18,19). The van der Waals surface area contributed by atoms with Gasteiger partial charge < -0.3 is 15.8 Å². The highest BCUT2D eigenvalue weighted by Gasteiger charge is 2.35. The second-order valence-corrected chi connectivity index (χ2v) is 5.49. The average Bonchev–Trinajstić information content (AvgIpc) is 2.47. The van der Waals surface area contributed by atoms with E-state index in [-0.39, 0.29) is 17.6 Å². The fourth-order valence-corrected chi connectivity index (χ4v) is 2.86. The van der Waals surface area contributed by atoms with Crippen LogP contribution in [0.1, 0.15) is 49.9 Å². The van der Waals surface area contributed by atoms with E-state index in [1.54, 1.807) is 12.1 Å². The molecular formula is C16H24N2O2. The maximum atomic E-state index is 12.3. The Kier molecular flexibility index (Phi) is 4.65. The molecule has 1 saturated heterocycles. The molecule has 0 spiro atoms. The van der Waals surface area contributed by atoms with Crippen LogP contribution in [-0.4, -0.2) is 24.2 Å². The predicted molar refractivity (Wildman–Crippen MR) is 80.6 cm³/mol. The zero-order valence-electron chi connectivity index (χ0n) is 12.3. The Morgan fingerprint density at radius 3 is 2.75 bits per heavy atom. The Bertz CT molecular complexity index is 469. The van der Waals surface area contributed by atoms with Gasteiger partial charge in [-0.2, -0.15) is 0 Å². The highest BCUT2D eigenvalue weighted by Crippen LogP contribution is 2.31. The van der Waals surface area contributed by atoms with Crippen LogP contribution in [0.4, 0.5) is 5.69 Å². The smallest absolute Gasteiger partial charge is 0.253 e. The summed E-state index contributed by atoms with van der Waals surface area (Å²) in [7, 11) is 0. The van der Waals surface area contributed by atoms with Crippen LogP contribution in [0.2, 0.25) is 0 Å². The number of amides is 1. The molecule has 3 N–H and O–H groups in total. The molecule has 4 heteroatoms. The SMILES string of the molecule is CCC1(CC)CC(NC(=O)c2ccccc2N)CCO1. The van der Waals surface area contributed by atoms with Crippen molar-refractivity contribution in [3.8, 4) is 0 Å². The number of nitrogens with one attached hydrogen (secondary N) is 1. The summed E-state index contributed by atoms with van der Waals surface area (Å²) >= 11 is 0. The fraction of sp³-hybridized carbons (Fsp3) is 0.562. The molecule has 1 unspecified atom stereocenters. The number of benzene rings is 1. The lowest BCUT2D eigenvalue weighted by Gasteiger charge is -2.40. The van der Waals surface area contributed by atoms with Crippen LogP contribution in [0.3, 0.4) is 0 Å². The minimum atomic E-state index is -0.0869. The molecule has 1 aliphatic heterocycles. The Labute approximate surface area is 120 Å². The molecule has 1 aromatic rings. The van der Waals surface area contributed by atoms with Crippen LogP contribution in [0.15, 0.2) is 24.3 Å². The second-order valence-electron chi connectivity index (χ2n) is 5.49. The largest absolute Gasteiger partial charge is 0.398 e.